The number of carbonyl (C=O) groups excluding carboxylic acids is 1. The van der Waals surface area contributed by atoms with Gasteiger partial charge in [0, 0.05) is 12.3 Å². The number of hydrogen-bond acceptors (Lipinski definition) is 2. The second kappa shape index (κ2) is 6.26. The van der Waals surface area contributed by atoms with Crippen LogP contribution >= 0.6 is 0 Å². The Labute approximate surface area is 93.1 Å². The molecule has 0 saturated heterocycles. The van der Waals surface area contributed by atoms with Gasteiger partial charge in [0.15, 0.2) is 0 Å². The molecule has 0 bridgehead atoms. The van der Waals surface area contributed by atoms with Gasteiger partial charge in [-0.1, -0.05) is 39.5 Å². The smallest absolute Gasteiger partial charge is 0.135 e. The van der Waals surface area contributed by atoms with E-state index in [1.807, 2.05) is 13.8 Å². The number of rotatable bonds is 6. The molecular weight excluding hydrogens is 188 g/mol. The monoisotopic (exact) mass is 212 g/mol. The minimum absolute atomic E-state index is 0.0337. The Kier molecular flexibility index (Phi) is 5.30. The van der Waals surface area contributed by atoms with E-state index in [4.69, 9.17) is 0 Å². The highest BCUT2D eigenvalue weighted by Crippen LogP contribution is 2.29. The Bertz CT molecular complexity index is 195. The summed E-state index contributed by atoms with van der Waals surface area (Å²) in [6.07, 6.45) is 7.07. The topological polar surface area (TPSA) is 37.3 Å². The van der Waals surface area contributed by atoms with Crippen molar-refractivity contribution in [2.75, 3.05) is 0 Å². The van der Waals surface area contributed by atoms with Crippen molar-refractivity contribution in [2.45, 2.75) is 64.9 Å². The van der Waals surface area contributed by atoms with Crippen molar-refractivity contribution in [1.29, 1.82) is 0 Å². The van der Waals surface area contributed by atoms with Gasteiger partial charge >= 0.3 is 0 Å². The zero-order chi connectivity index (χ0) is 11.3. The molecule has 1 rings (SSSR count). The number of aliphatic hydroxyl groups excluding tert-OH is 1. The van der Waals surface area contributed by atoms with E-state index in [9.17, 15) is 9.90 Å². The molecule has 0 spiro atoms. The third-order valence-corrected chi connectivity index (χ3v) is 3.60. The van der Waals surface area contributed by atoms with Gasteiger partial charge in [-0.2, -0.15) is 0 Å². The Balaban J connectivity index is 2.22. The van der Waals surface area contributed by atoms with Crippen LogP contribution in [-0.2, 0) is 4.79 Å². The molecule has 2 unspecified atom stereocenters. The van der Waals surface area contributed by atoms with Crippen LogP contribution in [0.3, 0.4) is 0 Å². The molecule has 0 radical (unpaired) electrons. The number of carbonyl (C=O) groups is 1. The maximum absolute atomic E-state index is 11.4. The summed E-state index contributed by atoms with van der Waals surface area (Å²) in [6.45, 7) is 3.83. The molecule has 0 aliphatic heterocycles. The first-order valence-electron chi connectivity index (χ1n) is 6.34. The number of ketones is 1. The van der Waals surface area contributed by atoms with E-state index in [1.54, 1.807) is 0 Å². The standard InChI is InChI=1S/C13H24O2/c1-3-13(15)10(2)8-12(14)9-11-6-4-5-7-11/h10-12,14H,3-9H2,1-2H3. The van der Waals surface area contributed by atoms with E-state index in [1.165, 1.54) is 25.7 Å². The van der Waals surface area contributed by atoms with E-state index in [-0.39, 0.29) is 17.8 Å². The molecular formula is C13H24O2. The van der Waals surface area contributed by atoms with E-state index in [0.29, 0.717) is 18.8 Å². The molecule has 15 heavy (non-hydrogen) atoms. The van der Waals surface area contributed by atoms with Crippen molar-refractivity contribution in [3.8, 4) is 0 Å². The second-order valence-electron chi connectivity index (χ2n) is 5.00. The van der Waals surface area contributed by atoms with Crippen molar-refractivity contribution in [3.63, 3.8) is 0 Å². The zero-order valence-corrected chi connectivity index (χ0v) is 10.0. The van der Waals surface area contributed by atoms with Crippen molar-refractivity contribution >= 4 is 5.78 Å². The highest BCUT2D eigenvalue weighted by molar-refractivity contribution is 5.80. The molecule has 88 valence electrons. The molecule has 0 aromatic heterocycles. The van der Waals surface area contributed by atoms with Gasteiger partial charge in [-0.3, -0.25) is 4.79 Å². The largest absolute Gasteiger partial charge is 0.393 e. The van der Waals surface area contributed by atoms with Crippen LogP contribution < -0.4 is 0 Å². The SMILES string of the molecule is CCC(=O)C(C)CC(O)CC1CCCC1. The summed E-state index contributed by atoms with van der Waals surface area (Å²) >= 11 is 0. The van der Waals surface area contributed by atoms with Crippen LogP contribution in [0.5, 0.6) is 0 Å². The van der Waals surface area contributed by atoms with Gasteiger partial charge in [0.25, 0.3) is 0 Å². The first-order valence-corrected chi connectivity index (χ1v) is 6.34. The highest BCUT2D eigenvalue weighted by atomic mass is 16.3. The Morgan fingerprint density at radius 2 is 2.00 bits per heavy atom. The molecule has 0 aromatic rings. The fourth-order valence-electron chi connectivity index (χ4n) is 2.62. The summed E-state index contributed by atoms with van der Waals surface area (Å²) in [5, 5.41) is 9.87. The molecule has 0 amide bonds. The van der Waals surface area contributed by atoms with Crippen LogP contribution in [0.4, 0.5) is 0 Å². The second-order valence-corrected chi connectivity index (χ2v) is 5.00. The fraction of sp³-hybridized carbons (Fsp3) is 0.923. The summed E-state index contributed by atoms with van der Waals surface area (Å²) in [4.78, 5) is 11.4. The lowest BCUT2D eigenvalue weighted by Gasteiger charge is -2.18. The van der Waals surface area contributed by atoms with Crippen LogP contribution in [0.1, 0.15) is 58.8 Å². The average molecular weight is 212 g/mol. The number of hydrogen-bond donors (Lipinski definition) is 1. The quantitative estimate of drug-likeness (QED) is 0.735. The fourth-order valence-corrected chi connectivity index (χ4v) is 2.62. The minimum atomic E-state index is -0.265. The number of aliphatic hydroxyl groups is 1. The van der Waals surface area contributed by atoms with E-state index in [2.05, 4.69) is 0 Å². The van der Waals surface area contributed by atoms with Gasteiger partial charge < -0.3 is 5.11 Å². The van der Waals surface area contributed by atoms with Crippen LogP contribution in [0.25, 0.3) is 0 Å². The minimum Gasteiger partial charge on any atom is -0.393 e. The molecule has 2 nitrogen and oxygen atoms in total. The van der Waals surface area contributed by atoms with Crippen molar-refractivity contribution in [1.82, 2.24) is 0 Å². The van der Waals surface area contributed by atoms with Crippen LogP contribution in [0.15, 0.2) is 0 Å². The van der Waals surface area contributed by atoms with E-state index in [0.717, 1.165) is 6.42 Å². The molecule has 1 aliphatic carbocycles. The number of Topliss-reactive ketones (excluding diaryl/α,β-unsaturated/α-hetero) is 1. The molecule has 1 saturated carbocycles. The van der Waals surface area contributed by atoms with Crippen LogP contribution in [-0.4, -0.2) is 17.0 Å². The highest BCUT2D eigenvalue weighted by Gasteiger charge is 2.21. The normalized spacial score (nSPS) is 21.5. The van der Waals surface area contributed by atoms with E-state index >= 15 is 0 Å². The van der Waals surface area contributed by atoms with Crippen molar-refractivity contribution in [3.05, 3.63) is 0 Å². The predicted molar refractivity (Wildman–Crippen MR) is 61.7 cm³/mol. The van der Waals surface area contributed by atoms with Crippen LogP contribution in [0.2, 0.25) is 0 Å². The molecule has 2 atom stereocenters. The van der Waals surface area contributed by atoms with Gasteiger partial charge in [0.1, 0.15) is 5.78 Å². The van der Waals surface area contributed by atoms with Crippen LogP contribution in [0, 0.1) is 11.8 Å². The first-order chi connectivity index (χ1) is 7.13. The Hall–Kier alpha value is -0.370. The van der Waals surface area contributed by atoms with Gasteiger partial charge in [0.2, 0.25) is 0 Å². The Morgan fingerprint density at radius 1 is 1.40 bits per heavy atom. The van der Waals surface area contributed by atoms with Gasteiger partial charge in [0.05, 0.1) is 6.10 Å². The maximum atomic E-state index is 11.4. The molecule has 1 aliphatic rings. The van der Waals surface area contributed by atoms with Crippen molar-refractivity contribution < 1.29 is 9.90 Å². The summed E-state index contributed by atoms with van der Waals surface area (Å²) < 4.78 is 0. The third-order valence-electron chi connectivity index (χ3n) is 3.60. The lowest BCUT2D eigenvalue weighted by atomic mass is 9.91. The lowest BCUT2D eigenvalue weighted by molar-refractivity contribution is -0.123. The van der Waals surface area contributed by atoms with Gasteiger partial charge in [-0.25, -0.2) is 0 Å². The molecule has 2 heteroatoms. The van der Waals surface area contributed by atoms with E-state index < -0.39 is 0 Å². The molecule has 1 N–H and O–H groups in total. The maximum Gasteiger partial charge on any atom is 0.135 e. The van der Waals surface area contributed by atoms with Crippen molar-refractivity contribution in [2.24, 2.45) is 11.8 Å². The molecule has 0 aromatic carbocycles. The van der Waals surface area contributed by atoms with Gasteiger partial charge in [-0.05, 0) is 18.8 Å². The molecule has 0 heterocycles. The summed E-state index contributed by atoms with van der Waals surface area (Å²) in [6, 6.07) is 0. The first kappa shape index (κ1) is 12.7. The Morgan fingerprint density at radius 3 is 2.53 bits per heavy atom. The summed E-state index contributed by atoms with van der Waals surface area (Å²) in [7, 11) is 0. The molecule has 1 fully saturated rings. The predicted octanol–water partition coefficient (Wildman–Crippen LogP) is 2.93. The lowest BCUT2D eigenvalue weighted by Crippen LogP contribution is -2.20. The third kappa shape index (κ3) is 4.33. The summed E-state index contributed by atoms with van der Waals surface area (Å²) in [5.41, 5.74) is 0. The zero-order valence-electron chi connectivity index (χ0n) is 10.0. The summed E-state index contributed by atoms with van der Waals surface area (Å²) in [5.74, 6) is 1.02. The van der Waals surface area contributed by atoms with Gasteiger partial charge in [-0.15, -0.1) is 0 Å². The average Bonchev–Trinajstić information content (AvgIpc) is 2.68.